The van der Waals surface area contributed by atoms with E-state index >= 15 is 0 Å². The van der Waals surface area contributed by atoms with Crippen LogP contribution in [0.2, 0.25) is 0 Å². The van der Waals surface area contributed by atoms with E-state index < -0.39 is 17.7 Å². The second-order valence-corrected chi connectivity index (χ2v) is 6.64. The molecule has 7 heteroatoms. The first-order valence-electron chi connectivity index (χ1n) is 8.51. The van der Waals surface area contributed by atoms with E-state index in [-0.39, 0.29) is 29.7 Å². The number of benzene rings is 2. The Morgan fingerprint density at radius 3 is 2.44 bits per heavy atom. The maximum Gasteiger partial charge on any atom is 0.340 e. The molecule has 140 valence electrons. The lowest BCUT2D eigenvalue weighted by molar-refractivity contribution is -0.117. The van der Waals surface area contributed by atoms with Gasteiger partial charge in [0, 0.05) is 11.5 Å². The van der Waals surface area contributed by atoms with Crippen LogP contribution < -0.4 is 11.1 Å². The van der Waals surface area contributed by atoms with Crippen LogP contribution in [0.4, 0.5) is 10.1 Å². The van der Waals surface area contributed by atoms with Gasteiger partial charge in [0.1, 0.15) is 12.4 Å². The first-order valence-corrected chi connectivity index (χ1v) is 8.51. The monoisotopic (exact) mass is 370 g/mol. The van der Waals surface area contributed by atoms with Crippen LogP contribution in [0.5, 0.6) is 0 Å². The third-order valence-electron chi connectivity index (χ3n) is 4.51. The van der Waals surface area contributed by atoms with Crippen LogP contribution in [0.3, 0.4) is 0 Å². The number of rotatable bonds is 6. The van der Waals surface area contributed by atoms with Gasteiger partial charge in [-0.3, -0.25) is 9.59 Å². The second-order valence-electron chi connectivity index (χ2n) is 6.64. The SMILES string of the molecule is C[C@@H]1C[C@H]1C(=O)Nc1ccc(F)cc1C(=O)OCc1ccc(C(N)=O)cc1. The average Bonchev–Trinajstić information content (AvgIpc) is 3.38. The van der Waals surface area contributed by atoms with Gasteiger partial charge in [0.15, 0.2) is 0 Å². The van der Waals surface area contributed by atoms with E-state index in [0.717, 1.165) is 12.5 Å². The minimum atomic E-state index is -0.757. The molecule has 2 aromatic carbocycles. The molecule has 1 aliphatic carbocycles. The Morgan fingerprint density at radius 1 is 1.19 bits per heavy atom. The molecule has 0 bridgehead atoms. The highest BCUT2D eigenvalue weighted by Gasteiger charge is 2.39. The first-order chi connectivity index (χ1) is 12.8. The van der Waals surface area contributed by atoms with Crippen molar-refractivity contribution >= 4 is 23.5 Å². The smallest absolute Gasteiger partial charge is 0.340 e. The summed E-state index contributed by atoms with van der Waals surface area (Å²) in [5.74, 6) is -1.88. The van der Waals surface area contributed by atoms with E-state index in [1.165, 1.54) is 24.3 Å². The van der Waals surface area contributed by atoms with Gasteiger partial charge in [0.25, 0.3) is 0 Å². The Kier molecular flexibility index (Phi) is 5.21. The summed E-state index contributed by atoms with van der Waals surface area (Å²) >= 11 is 0. The zero-order valence-electron chi connectivity index (χ0n) is 14.7. The minimum Gasteiger partial charge on any atom is -0.457 e. The number of amides is 2. The maximum absolute atomic E-state index is 13.6. The van der Waals surface area contributed by atoms with E-state index in [0.29, 0.717) is 17.0 Å². The molecule has 0 spiro atoms. The van der Waals surface area contributed by atoms with Gasteiger partial charge in [-0.1, -0.05) is 19.1 Å². The van der Waals surface area contributed by atoms with E-state index in [4.69, 9.17) is 10.5 Å². The molecule has 0 radical (unpaired) electrons. The maximum atomic E-state index is 13.6. The fourth-order valence-corrected chi connectivity index (χ4v) is 2.70. The molecule has 2 atom stereocenters. The second kappa shape index (κ2) is 7.57. The van der Waals surface area contributed by atoms with Crippen molar-refractivity contribution in [2.75, 3.05) is 5.32 Å². The van der Waals surface area contributed by atoms with Crippen molar-refractivity contribution in [3.8, 4) is 0 Å². The summed E-state index contributed by atoms with van der Waals surface area (Å²) in [6, 6.07) is 9.81. The summed E-state index contributed by atoms with van der Waals surface area (Å²) in [6.45, 7) is 1.90. The average molecular weight is 370 g/mol. The number of halogens is 1. The zero-order chi connectivity index (χ0) is 19.6. The van der Waals surface area contributed by atoms with Gasteiger partial charge in [-0.2, -0.15) is 0 Å². The van der Waals surface area contributed by atoms with E-state index in [1.807, 2.05) is 6.92 Å². The predicted octanol–water partition coefficient (Wildman–Crippen LogP) is 2.88. The lowest BCUT2D eigenvalue weighted by Gasteiger charge is -2.11. The molecule has 2 aromatic rings. The first kappa shape index (κ1) is 18.6. The number of carbonyl (C=O) groups is 3. The number of hydrogen-bond donors (Lipinski definition) is 2. The molecule has 27 heavy (non-hydrogen) atoms. The molecule has 3 rings (SSSR count). The lowest BCUT2D eigenvalue weighted by atomic mass is 10.1. The number of anilines is 1. The summed E-state index contributed by atoms with van der Waals surface area (Å²) in [4.78, 5) is 35.6. The number of hydrogen-bond acceptors (Lipinski definition) is 4. The van der Waals surface area contributed by atoms with Gasteiger partial charge in [0.05, 0.1) is 11.3 Å². The standard InChI is InChI=1S/C20H19FN2O4/c1-11-8-15(11)19(25)23-17-7-6-14(21)9-16(17)20(26)27-10-12-2-4-13(5-3-12)18(22)24/h2-7,9,11,15H,8,10H2,1H3,(H2,22,24)(H,23,25)/t11-,15-/m1/s1. The van der Waals surface area contributed by atoms with Crippen LogP contribution in [-0.4, -0.2) is 17.8 Å². The number of primary amides is 1. The van der Waals surface area contributed by atoms with Crippen LogP contribution in [0.1, 0.15) is 39.6 Å². The van der Waals surface area contributed by atoms with Crippen LogP contribution in [0, 0.1) is 17.7 Å². The molecule has 1 saturated carbocycles. The van der Waals surface area contributed by atoms with Crippen molar-refractivity contribution in [1.29, 1.82) is 0 Å². The van der Waals surface area contributed by atoms with E-state index in [9.17, 15) is 18.8 Å². The van der Waals surface area contributed by atoms with Crippen LogP contribution in [0.25, 0.3) is 0 Å². The largest absolute Gasteiger partial charge is 0.457 e. The molecular weight excluding hydrogens is 351 g/mol. The normalized spacial score (nSPS) is 17.9. The molecular formula is C20H19FN2O4. The predicted molar refractivity (Wildman–Crippen MR) is 96.4 cm³/mol. The van der Waals surface area contributed by atoms with Gasteiger partial charge >= 0.3 is 5.97 Å². The van der Waals surface area contributed by atoms with Crippen molar-refractivity contribution in [1.82, 2.24) is 0 Å². The summed E-state index contributed by atoms with van der Waals surface area (Å²) in [7, 11) is 0. The van der Waals surface area contributed by atoms with E-state index in [2.05, 4.69) is 5.32 Å². The van der Waals surface area contributed by atoms with Crippen molar-refractivity contribution < 1.29 is 23.5 Å². The molecule has 0 saturated heterocycles. The molecule has 0 unspecified atom stereocenters. The third kappa shape index (κ3) is 4.49. The highest BCUT2D eigenvalue weighted by Crippen LogP contribution is 2.38. The Labute approximate surface area is 155 Å². The van der Waals surface area contributed by atoms with Crippen molar-refractivity contribution in [3.05, 3.63) is 65.0 Å². The van der Waals surface area contributed by atoms with Crippen molar-refractivity contribution in [2.45, 2.75) is 20.0 Å². The Hall–Kier alpha value is -3.22. The van der Waals surface area contributed by atoms with Gasteiger partial charge < -0.3 is 15.8 Å². The molecule has 3 N–H and O–H groups in total. The fraction of sp³-hybridized carbons (Fsp3) is 0.250. The molecule has 1 fully saturated rings. The fourth-order valence-electron chi connectivity index (χ4n) is 2.70. The zero-order valence-corrected chi connectivity index (χ0v) is 14.7. The summed E-state index contributed by atoms with van der Waals surface area (Å²) < 4.78 is 18.8. The Bertz CT molecular complexity index is 895. The van der Waals surface area contributed by atoms with Crippen molar-refractivity contribution in [2.24, 2.45) is 17.6 Å². The summed E-state index contributed by atoms with van der Waals surface area (Å²) in [5.41, 5.74) is 6.32. The lowest BCUT2D eigenvalue weighted by Crippen LogP contribution is -2.18. The molecule has 0 aliphatic heterocycles. The molecule has 0 heterocycles. The van der Waals surface area contributed by atoms with Crippen molar-refractivity contribution in [3.63, 3.8) is 0 Å². The van der Waals surface area contributed by atoms with Gasteiger partial charge in [0.2, 0.25) is 11.8 Å². The topological polar surface area (TPSA) is 98.5 Å². The third-order valence-corrected chi connectivity index (χ3v) is 4.51. The summed E-state index contributed by atoms with van der Waals surface area (Å²) in [5, 5.41) is 2.67. The number of ether oxygens (including phenoxy) is 1. The highest BCUT2D eigenvalue weighted by atomic mass is 19.1. The quantitative estimate of drug-likeness (QED) is 0.764. The number of esters is 1. The number of nitrogens with one attached hydrogen (secondary N) is 1. The van der Waals surface area contributed by atoms with Gasteiger partial charge in [-0.05, 0) is 48.2 Å². The summed E-state index contributed by atoms with van der Waals surface area (Å²) in [6.07, 6.45) is 0.800. The molecule has 0 aromatic heterocycles. The molecule has 1 aliphatic rings. The Morgan fingerprint density at radius 2 is 1.85 bits per heavy atom. The van der Waals surface area contributed by atoms with Gasteiger partial charge in [-0.15, -0.1) is 0 Å². The highest BCUT2D eigenvalue weighted by molar-refractivity contribution is 6.02. The van der Waals surface area contributed by atoms with Crippen LogP contribution in [-0.2, 0) is 16.1 Å². The number of nitrogens with two attached hydrogens (primary N) is 1. The minimum absolute atomic E-state index is 0.0505. The van der Waals surface area contributed by atoms with Crippen LogP contribution >= 0.6 is 0 Å². The molecule has 6 nitrogen and oxygen atoms in total. The van der Waals surface area contributed by atoms with Crippen LogP contribution in [0.15, 0.2) is 42.5 Å². The van der Waals surface area contributed by atoms with E-state index in [1.54, 1.807) is 12.1 Å². The Balaban J connectivity index is 1.69. The molecule has 2 amide bonds. The number of carbonyl (C=O) groups excluding carboxylic acids is 3. The van der Waals surface area contributed by atoms with Gasteiger partial charge in [-0.25, -0.2) is 9.18 Å².